The summed E-state index contributed by atoms with van der Waals surface area (Å²) in [5.74, 6) is 0. The van der Waals surface area contributed by atoms with Crippen molar-refractivity contribution in [2.24, 2.45) is 0 Å². The first-order chi connectivity index (χ1) is 4.79. The van der Waals surface area contributed by atoms with E-state index in [2.05, 4.69) is 34.4 Å². The molecule has 0 saturated carbocycles. The predicted octanol–water partition coefficient (Wildman–Crippen LogP) is 2.49. The van der Waals surface area contributed by atoms with Gasteiger partial charge in [-0.25, -0.2) is 0 Å². The predicted molar refractivity (Wildman–Crippen MR) is 48.1 cm³/mol. The van der Waals surface area contributed by atoms with Gasteiger partial charge in [0.1, 0.15) is 0 Å². The number of rotatable bonds is 2. The Kier molecular flexibility index (Phi) is 3.68. The average Bonchev–Trinajstić information content (AvgIpc) is 1.88. The van der Waals surface area contributed by atoms with E-state index in [1.807, 2.05) is 18.2 Å². The molecule has 0 nitrogen and oxygen atoms in total. The fourth-order valence-electron chi connectivity index (χ4n) is 0.668. The van der Waals surface area contributed by atoms with Crippen molar-refractivity contribution >= 4 is 22.3 Å². The van der Waals surface area contributed by atoms with Crippen molar-refractivity contribution in [1.82, 2.24) is 0 Å². The molecule has 1 aromatic rings. The summed E-state index contributed by atoms with van der Waals surface area (Å²) in [5.41, 5.74) is 1.31. The zero-order chi connectivity index (χ0) is 7.40. The van der Waals surface area contributed by atoms with Crippen LogP contribution in [-0.2, 0) is 16.6 Å². The van der Waals surface area contributed by atoms with Gasteiger partial charge in [0, 0.05) is 0 Å². The monoisotopic (exact) mass is 215 g/mol. The molecule has 0 aromatic heterocycles. The molecule has 0 saturated heterocycles. The van der Waals surface area contributed by atoms with Crippen molar-refractivity contribution in [3.63, 3.8) is 0 Å². The van der Waals surface area contributed by atoms with Gasteiger partial charge in [-0.15, -0.1) is 0 Å². The van der Waals surface area contributed by atoms with E-state index in [1.165, 1.54) is 5.56 Å². The number of hydrogen-bond donors (Lipinski definition) is 2. The normalized spacial score (nSPS) is 11.2. The van der Waals surface area contributed by atoms with Crippen molar-refractivity contribution in [3.05, 3.63) is 35.9 Å². The molecule has 0 amide bonds. The fourth-order valence-corrected chi connectivity index (χ4v) is 2.21. The van der Waals surface area contributed by atoms with Gasteiger partial charge in [-0.2, -0.15) is 0 Å². The van der Waals surface area contributed by atoms with Gasteiger partial charge >= 0.3 is 74.8 Å². The molecule has 10 heavy (non-hydrogen) atoms. The van der Waals surface area contributed by atoms with Gasteiger partial charge in [-0.1, -0.05) is 0 Å². The topological polar surface area (TPSA) is 0 Å². The van der Waals surface area contributed by atoms with Crippen LogP contribution in [0.25, 0.3) is 0 Å². The summed E-state index contributed by atoms with van der Waals surface area (Å²) in [4.78, 5) is 0. The average molecular weight is 216 g/mol. The molecule has 0 aliphatic carbocycles. The van der Waals surface area contributed by atoms with E-state index >= 15 is 0 Å². The van der Waals surface area contributed by atoms with E-state index in [0.29, 0.717) is 0 Å². The van der Waals surface area contributed by atoms with Crippen LogP contribution in [0.4, 0.5) is 0 Å². The van der Waals surface area contributed by atoms with Gasteiger partial charge in [0.15, 0.2) is 0 Å². The van der Waals surface area contributed by atoms with E-state index in [0.717, 1.165) is 5.39 Å². The number of thiol groups is 2. The van der Waals surface area contributed by atoms with Gasteiger partial charge < -0.3 is 0 Å². The van der Waals surface area contributed by atoms with E-state index in [1.54, 1.807) is 0 Å². The second-order valence-electron chi connectivity index (χ2n) is 1.86. The summed E-state index contributed by atoms with van der Waals surface area (Å²) < 4.78 is 0. The molecule has 0 unspecified atom stereocenters. The van der Waals surface area contributed by atoms with E-state index in [-0.39, 0.29) is 11.2 Å². The Bertz CT molecular complexity index is 186. The molecule has 0 atom stereocenters. The maximum absolute atomic E-state index is 4.22. The van der Waals surface area contributed by atoms with Crippen LogP contribution in [0.3, 0.4) is 0 Å². The summed E-state index contributed by atoms with van der Waals surface area (Å²) in [6.45, 7) is 0. The van der Waals surface area contributed by atoms with Crippen molar-refractivity contribution in [3.8, 4) is 0 Å². The van der Waals surface area contributed by atoms with Gasteiger partial charge in [0.2, 0.25) is 0 Å². The quantitative estimate of drug-likeness (QED) is 0.550. The van der Waals surface area contributed by atoms with Crippen LogP contribution in [0.2, 0.25) is 0 Å². The minimum atomic E-state index is -0.194. The van der Waals surface area contributed by atoms with E-state index in [9.17, 15) is 0 Å². The molecular weight excluding hydrogens is 207 g/mol. The van der Waals surface area contributed by atoms with Crippen molar-refractivity contribution in [2.45, 2.75) is 5.39 Å². The molecule has 1 rings (SSSR count). The Morgan fingerprint density at radius 1 is 1.10 bits per heavy atom. The summed E-state index contributed by atoms with van der Waals surface area (Å²) >= 11 is 8.24. The summed E-state index contributed by atoms with van der Waals surface area (Å²) in [6, 6.07) is 10.3. The standard InChI is InChI=1S/C7H7.Ni.2H2S/c1-7-5-3-2-4-6-7;;;/h2-6H,1H2;;2*1H2/q;+2;;/p-2. The third-order valence-electron chi connectivity index (χ3n) is 1.07. The van der Waals surface area contributed by atoms with Crippen molar-refractivity contribution in [1.29, 1.82) is 0 Å². The first-order valence-corrected chi connectivity index (χ1v) is 6.68. The molecule has 1 aromatic carbocycles. The molecular formula is C7H9NiS2. The van der Waals surface area contributed by atoms with Crippen molar-refractivity contribution < 1.29 is 11.2 Å². The molecule has 0 N–H and O–H groups in total. The Balaban J connectivity index is 2.59. The van der Waals surface area contributed by atoms with Gasteiger partial charge in [-0.3, -0.25) is 0 Å². The molecule has 0 radical (unpaired) electrons. The molecule has 0 fully saturated rings. The first-order valence-electron chi connectivity index (χ1n) is 2.77. The van der Waals surface area contributed by atoms with Gasteiger partial charge in [-0.05, 0) is 0 Å². The molecule has 3 heteroatoms. The van der Waals surface area contributed by atoms with E-state index in [4.69, 9.17) is 0 Å². The van der Waals surface area contributed by atoms with Gasteiger partial charge in [0.25, 0.3) is 0 Å². The van der Waals surface area contributed by atoms with E-state index < -0.39 is 0 Å². The van der Waals surface area contributed by atoms with Crippen molar-refractivity contribution in [2.75, 3.05) is 0 Å². The molecule has 0 heterocycles. The van der Waals surface area contributed by atoms with Crippen LogP contribution in [0.1, 0.15) is 5.56 Å². The molecule has 0 aliphatic heterocycles. The Labute approximate surface area is 74.7 Å². The Morgan fingerprint density at radius 2 is 1.70 bits per heavy atom. The van der Waals surface area contributed by atoms with Crippen LogP contribution in [0.5, 0.6) is 0 Å². The zero-order valence-electron chi connectivity index (χ0n) is 5.30. The Morgan fingerprint density at radius 3 is 2.20 bits per heavy atom. The number of benzene rings is 1. The molecule has 59 valence electrons. The third-order valence-corrected chi connectivity index (χ3v) is 2.61. The van der Waals surface area contributed by atoms with Crippen LogP contribution in [0, 0.1) is 0 Å². The second-order valence-corrected chi connectivity index (χ2v) is 6.77. The SMILES string of the molecule is [SH][Ni]([SH])[CH2]c1ccccc1. The second kappa shape index (κ2) is 4.32. The van der Waals surface area contributed by atoms with Crippen LogP contribution < -0.4 is 0 Å². The Hall–Kier alpha value is 0.414. The zero-order valence-corrected chi connectivity index (χ0v) is 8.08. The molecule has 0 bridgehead atoms. The fraction of sp³-hybridized carbons (Fsp3) is 0.143. The first kappa shape index (κ1) is 8.51. The molecule has 0 spiro atoms. The summed E-state index contributed by atoms with van der Waals surface area (Å²) in [7, 11) is 0. The summed E-state index contributed by atoms with van der Waals surface area (Å²) in [5, 5.41) is 0.965. The summed E-state index contributed by atoms with van der Waals surface area (Å²) in [6.07, 6.45) is 0. The van der Waals surface area contributed by atoms with Crippen LogP contribution in [0.15, 0.2) is 30.3 Å². The third kappa shape index (κ3) is 3.00. The number of hydrogen-bond acceptors (Lipinski definition) is 2. The maximum atomic E-state index is 4.22. The molecule has 0 aliphatic rings. The minimum absolute atomic E-state index is 0.194. The van der Waals surface area contributed by atoms with Gasteiger partial charge in [0.05, 0.1) is 0 Å². The van der Waals surface area contributed by atoms with Crippen LogP contribution in [-0.4, -0.2) is 0 Å². The van der Waals surface area contributed by atoms with Crippen LogP contribution >= 0.6 is 22.3 Å².